The van der Waals surface area contributed by atoms with Crippen LogP contribution in [0.5, 0.6) is 0 Å². The van der Waals surface area contributed by atoms with Crippen LogP contribution in [0.3, 0.4) is 0 Å². The van der Waals surface area contributed by atoms with Crippen LogP contribution in [0, 0.1) is 5.92 Å². The molecule has 2 aliphatic heterocycles. The summed E-state index contributed by atoms with van der Waals surface area (Å²) in [5.74, 6) is -0.273. The van der Waals surface area contributed by atoms with E-state index in [0.717, 1.165) is 50.8 Å². The number of likely N-dealkylation sites (tertiary alicyclic amines) is 1. The molecule has 3 amide bonds. The number of rotatable bonds is 6. The highest BCUT2D eigenvalue weighted by molar-refractivity contribution is 5.91. The van der Waals surface area contributed by atoms with E-state index in [2.05, 4.69) is 22.8 Å². The highest BCUT2D eigenvalue weighted by atomic mass is 16.6. The maximum absolute atomic E-state index is 13.3. The van der Waals surface area contributed by atoms with Crippen molar-refractivity contribution in [1.29, 1.82) is 0 Å². The number of fused-ring (bicyclic) bond motifs is 2. The summed E-state index contributed by atoms with van der Waals surface area (Å²) < 4.78 is 5.58. The molecule has 4 N–H and O–H groups in total. The van der Waals surface area contributed by atoms with Gasteiger partial charge in [0.25, 0.3) is 0 Å². The summed E-state index contributed by atoms with van der Waals surface area (Å²) in [6.07, 6.45) is 4.65. The Bertz CT molecular complexity index is 904. The van der Waals surface area contributed by atoms with Crippen molar-refractivity contribution in [2.24, 2.45) is 11.7 Å². The molecule has 4 atom stereocenters. The molecule has 34 heavy (non-hydrogen) atoms. The van der Waals surface area contributed by atoms with Crippen LogP contribution < -0.4 is 16.4 Å². The Kier molecular flexibility index (Phi) is 7.17. The number of nitrogens with one attached hydrogen (secondary N) is 2. The Morgan fingerprint density at radius 3 is 2.41 bits per heavy atom. The number of carbonyl (C=O) groups is 3. The van der Waals surface area contributed by atoms with Crippen LogP contribution in [0.15, 0.2) is 24.3 Å². The van der Waals surface area contributed by atoms with Gasteiger partial charge in [0.15, 0.2) is 0 Å². The molecule has 0 radical (unpaired) electrons. The van der Waals surface area contributed by atoms with Gasteiger partial charge in [0.1, 0.15) is 17.7 Å². The Morgan fingerprint density at radius 1 is 1.12 bits per heavy atom. The fourth-order valence-corrected chi connectivity index (χ4v) is 5.70. The Labute approximate surface area is 202 Å². The second-order valence-corrected chi connectivity index (χ2v) is 11.0. The minimum Gasteiger partial charge on any atom is -0.444 e. The second kappa shape index (κ2) is 9.94. The van der Waals surface area contributed by atoms with Crippen LogP contribution in [0.1, 0.15) is 69.9 Å². The van der Waals surface area contributed by atoms with Crippen LogP contribution in [0.25, 0.3) is 0 Å². The molecule has 3 fully saturated rings. The third kappa shape index (κ3) is 5.54. The normalized spacial score (nSPS) is 25.7. The van der Waals surface area contributed by atoms with Crippen molar-refractivity contribution < 1.29 is 19.1 Å². The van der Waals surface area contributed by atoms with Gasteiger partial charge < -0.3 is 21.1 Å². The Morgan fingerprint density at radius 2 is 1.79 bits per heavy atom. The van der Waals surface area contributed by atoms with Gasteiger partial charge in [-0.15, -0.1) is 0 Å². The van der Waals surface area contributed by atoms with E-state index in [1.54, 1.807) is 4.90 Å². The Balaban J connectivity index is 1.42. The van der Waals surface area contributed by atoms with Gasteiger partial charge in [0, 0.05) is 12.5 Å². The fourth-order valence-electron chi connectivity index (χ4n) is 5.70. The average Bonchev–Trinajstić information content (AvgIpc) is 3.40. The van der Waals surface area contributed by atoms with Crippen molar-refractivity contribution in [3.05, 3.63) is 35.4 Å². The molecule has 186 valence electrons. The van der Waals surface area contributed by atoms with E-state index >= 15 is 0 Å². The lowest BCUT2D eigenvalue weighted by Crippen LogP contribution is -2.57. The van der Waals surface area contributed by atoms with Crippen LogP contribution in [0.4, 0.5) is 4.79 Å². The van der Waals surface area contributed by atoms with Crippen molar-refractivity contribution >= 4 is 17.9 Å². The summed E-state index contributed by atoms with van der Waals surface area (Å²) in [5.41, 5.74) is 7.27. The number of nitrogens with two attached hydrogens (primary N) is 1. The predicted molar refractivity (Wildman–Crippen MR) is 129 cm³/mol. The smallest absolute Gasteiger partial charge is 0.411 e. The van der Waals surface area contributed by atoms with Crippen molar-refractivity contribution in [3.8, 4) is 0 Å². The number of benzene rings is 1. The van der Waals surface area contributed by atoms with Gasteiger partial charge in [-0.1, -0.05) is 24.3 Å². The molecule has 4 rings (SSSR count). The monoisotopic (exact) mass is 470 g/mol. The quantitative estimate of drug-likeness (QED) is 0.591. The van der Waals surface area contributed by atoms with E-state index < -0.39 is 29.7 Å². The van der Waals surface area contributed by atoms with Crippen LogP contribution in [-0.2, 0) is 20.7 Å². The molecule has 8 heteroatoms. The van der Waals surface area contributed by atoms with Crippen LogP contribution in [-0.4, -0.2) is 59.6 Å². The van der Waals surface area contributed by atoms with E-state index in [9.17, 15) is 14.4 Å². The van der Waals surface area contributed by atoms with Gasteiger partial charge >= 0.3 is 6.09 Å². The summed E-state index contributed by atoms with van der Waals surface area (Å²) in [6.45, 7) is 7.51. The zero-order valence-corrected chi connectivity index (χ0v) is 20.5. The van der Waals surface area contributed by atoms with Gasteiger partial charge in [-0.3, -0.25) is 14.5 Å². The number of ether oxygens (including phenoxy) is 1. The van der Waals surface area contributed by atoms with E-state index in [0.29, 0.717) is 12.3 Å². The van der Waals surface area contributed by atoms with Gasteiger partial charge in [0.2, 0.25) is 11.8 Å². The average molecular weight is 471 g/mol. The standard InChI is InChI=1S/C26H38N4O4/c1-26(2,3)34-25(33)30-20-9-8-19(15-20)22(30)24(32)29-21(23(27)31)14-16-4-6-17(7-5-16)18-10-12-28-13-11-18/h4-7,18-22,28H,8-15H2,1-3H3,(H2,27,31)(H,29,32)/t19-,20+,21-,22-/m0/s1. The molecule has 1 saturated carbocycles. The zero-order valence-electron chi connectivity index (χ0n) is 20.5. The first kappa shape index (κ1) is 24.5. The summed E-state index contributed by atoms with van der Waals surface area (Å²) in [6, 6.07) is 6.81. The third-order valence-electron chi connectivity index (χ3n) is 7.35. The van der Waals surface area contributed by atoms with E-state index in [4.69, 9.17) is 10.5 Å². The summed E-state index contributed by atoms with van der Waals surface area (Å²) in [7, 11) is 0. The lowest BCUT2D eigenvalue weighted by molar-refractivity contribution is -0.132. The predicted octanol–water partition coefficient (Wildman–Crippen LogP) is 2.45. The number of amides is 3. The summed E-state index contributed by atoms with van der Waals surface area (Å²) >= 11 is 0. The fraction of sp³-hybridized carbons (Fsp3) is 0.654. The molecule has 2 saturated heterocycles. The Hall–Kier alpha value is -2.61. The molecule has 0 unspecified atom stereocenters. The van der Waals surface area contributed by atoms with Crippen molar-refractivity contribution in [2.45, 2.75) is 88.9 Å². The highest BCUT2D eigenvalue weighted by Crippen LogP contribution is 2.43. The number of hydrogen-bond acceptors (Lipinski definition) is 5. The number of primary amides is 1. The zero-order chi connectivity index (χ0) is 24.5. The molecule has 2 heterocycles. The first-order valence-electron chi connectivity index (χ1n) is 12.5. The summed E-state index contributed by atoms with van der Waals surface area (Å²) in [4.78, 5) is 40.0. The molecule has 0 aromatic heterocycles. The molecule has 1 aromatic rings. The minimum absolute atomic E-state index is 0.00478. The lowest BCUT2D eigenvalue weighted by Gasteiger charge is -2.36. The molecule has 3 aliphatic rings. The number of hydrogen-bond donors (Lipinski definition) is 3. The van der Waals surface area contributed by atoms with E-state index in [1.807, 2.05) is 32.9 Å². The summed E-state index contributed by atoms with van der Waals surface area (Å²) in [5, 5.41) is 6.23. The molecule has 8 nitrogen and oxygen atoms in total. The van der Waals surface area contributed by atoms with E-state index in [1.165, 1.54) is 5.56 Å². The van der Waals surface area contributed by atoms with Gasteiger partial charge in [0.05, 0.1) is 0 Å². The van der Waals surface area contributed by atoms with Gasteiger partial charge in [-0.05, 0) is 88.9 Å². The van der Waals surface area contributed by atoms with Crippen molar-refractivity contribution in [3.63, 3.8) is 0 Å². The minimum atomic E-state index is -0.836. The van der Waals surface area contributed by atoms with Crippen LogP contribution in [0.2, 0.25) is 0 Å². The van der Waals surface area contributed by atoms with Gasteiger partial charge in [-0.25, -0.2) is 4.79 Å². The third-order valence-corrected chi connectivity index (χ3v) is 7.35. The molecule has 0 spiro atoms. The first-order valence-corrected chi connectivity index (χ1v) is 12.5. The molecular formula is C26H38N4O4. The van der Waals surface area contributed by atoms with Gasteiger partial charge in [-0.2, -0.15) is 0 Å². The number of carbonyl (C=O) groups excluding carboxylic acids is 3. The van der Waals surface area contributed by atoms with Crippen molar-refractivity contribution in [1.82, 2.24) is 15.5 Å². The SMILES string of the molecule is CC(C)(C)OC(=O)N1[C@@H]2CC[C@@H](C2)[C@H]1C(=O)N[C@@H](Cc1ccc(C2CCNCC2)cc1)C(N)=O. The first-order chi connectivity index (χ1) is 16.1. The second-order valence-electron chi connectivity index (χ2n) is 11.0. The topological polar surface area (TPSA) is 114 Å². The maximum Gasteiger partial charge on any atom is 0.411 e. The molecular weight excluding hydrogens is 432 g/mol. The van der Waals surface area contributed by atoms with Crippen LogP contribution >= 0.6 is 0 Å². The molecule has 1 aliphatic carbocycles. The largest absolute Gasteiger partial charge is 0.444 e. The maximum atomic E-state index is 13.3. The molecule has 1 aromatic carbocycles. The number of piperidine rings is 2. The number of nitrogens with zero attached hydrogens (tertiary/aromatic N) is 1. The molecule has 2 bridgehead atoms. The lowest BCUT2D eigenvalue weighted by atomic mass is 9.89. The highest BCUT2D eigenvalue weighted by Gasteiger charge is 2.52. The van der Waals surface area contributed by atoms with E-state index in [-0.39, 0.29) is 17.9 Å². The van der Waals surface area contributed by atoms with Crippen molar-refractivity contribution in [2.75, 3.05) is 13.1 Å².